The average Bonchev–Trinajstić information content (AvgIpc) is 3.64. The molecule has 0 radical (unpaired) electrons. The van der Waals surface area contributed by atoms with Crippen molar-refractivity contribution in [2.45, 2.75) is 32.1 Å². The number of ether oxygens (including phenoxy) is 2. The fourth-order valence-electron chi connectivity index (χ4n) is 4.73. The summed E-state index contributed by atoms with van der Waals surface area (Å²) in [6, 6.07) is 25.0. The highest BCUT2D eigenvalue weighted by atomic mass is 35.5. The first-order valence-electron chi connectivity index (χ1n) is 13.2. The van der Waals surface area contributed by atoms with Gasteiger partial charge < -0.3 is 20.1 Å². The summed E-state index contributed by atoms with van der Waals surface area (Å²) in [5, 5.41) is 15.1. The van der Waals surface area contributed by atoms with Crippen molar-refractivity contribution < 1.29 is 18.9 Å². The summed E-state index contributed by atoms with van der Waals surface area (Å²) in [6.45, 7) is 1.02. The molecule has 0 saturated carbocycles. The highest BCUT2D eigenvalue weighted by molar-refractivity contribution is 6.34. The number of carbonyl (C=O) groups excluding carboxylic acids is 1. The molecule has 1 atom stereocenters. The van der Waals surface area contributed by atoms with Crippen LogP contribution in [-0.2, 0) is 18.0 Å². The molecule has 0 aliphatic carbocycles. The number of halogens is 2. The van der Waals surface area contributed by atoms with E-state index < -0.39 is 0 Å². The third-order valence-corrected chi connectivity index (χ3v) is 7.66. The van der Waals surface area contributed by atoms with Gasteiger partial charge in [-0.15, -0.1) is 0 Å². The molecule has 1 amide bonds. The van der Waals surface area contributed by atoms with Crippen LogP contribution < -0.4 is 20.1 Å². The minimum absolute atomic E-state index is 0.0335. The minimum Gasteiger partial charge on any atom is -0.487 e. The number of hydrogen-bond donors (Lipinski definition) is 2. The molecule has 1 aliphatic rings. The van der Waals surface area contributed by atoms with E-state index in [1.165, 1.54) is 0 Å². The Labute approximate surface area is 246 Å². The van der Waals surface area contributed by atoms with Crippen molar-refractivity contribution in [1.82, 2.24) is 15.6 Å². The molecule has 208 valence electrons. The molecule has 2 heterocycles. The fourth-order valence-corrected chi connectivity index (χ4v) is 5.24. The number of nitrogens with one attached hydrogen (secondary N) is 2. The number of nitrogens with zero attached hydrogens (tertiary/aromatic N) is 2. The van der Waals surface area contributed by atoms with Crippen molar-refractivity contribution in [2.24, 2.45) is 0 Å². The highest BCUT2D eigenvalue weighted by Crippen LogP contribution is 2.38. The number of anilines is 1. The predicted molar refractivity (Wildman–Crippen MR) is 158 cm³/mol. The molecule has 4 aromatic carbocycles. The van der Waals surface area contributed by atoms with Gasteiger partial charge in [0.15, 0.2) is 0 Å². The Morgan fingerprint density at radius 3 is 2.56 bits per heavy atom. The summed E-state index contributed by atoms with van der Waals surface area (Å²) in [4.78, 5) is 11.7. The third-order valence-electron chi connectivity index (χ3n) is 6.92. The molecule has 5 aromatic rings. The molecular formula is C31H26Cl2N4O4. The van der Waals surface area contributed by atoms with Crippen LogP contribution in [0.3, 0.4) is 0 Å². The van der Waals surface area contributed by atoms with Crippen LogP contribution in [0.4, 0.5) is 5.69 Å². The van der Waals surface area contributed by atoms with Crippen molar-refractivity contribution in [3.63, 3.8) is 0 Å². The van der Waals surface area contributed by atoms with Gasteiger partial charge in [0.25, 0.3) is 0 Å². The van der Waals surface area contributed by atoms with E-state index in [-0.39, 0.29) is 25.2 Å². The lowest BCUT2D eigenvalue weighted by Crippen LogP contribution is -2.31. The van der Waals surface area contributed by atoms with E-state index in [2.05, 4.69) is 20.9 Å². The van der Waals surface area contributed by atoms with E-state index in [0.717, 1.165) is 28.7 Å². The van der Waals surface area contributed by atoms with Gasteiger partial charge in [0.05, 0.1) is 15.7 Å². The van der Waals surface area contributed by atoms with Crippen molar-refractivity contribution >= 4 is 45.8 Å². The SMILES string of the molecule is O=C1CCC(CNc2cc(Cl)c(OCc3cccc(-c4ccccc4)c3Cl)cc2OCc2ccc3nonc3c2)N1. The van der Waals surface area contributed by atoms with Gasteiger partial charge in [0.1, 0.15) is 35.7 Å². The van der Waals surface area contributed by atoms with Crippen molar-refractivity contribution in [3.8, 4) is 22.6 Å². The monoisotopic (exact) mass is 588 g/mol. The zero-order valence-corrected chi connectivity index (χ0v) is 23.4. The minimum atomic E-state index is 0.0335. The van der Waals surface area contributed by atoms with Crippen LogP contribution in [0.15, 0.2) is 83.5 Å². The third kappa shape index (κ3) is 6.24. The van der Waals surface area contributed by atoms with Crippen LogP contribution in [0.2, 0.25) is 10.0 Å². The second-order valence-electron chi connectivity index (χ2n) is 9.77. The van der Waals surface area contributed by atoms with E-state index in [9.17, 15) is 4.79 Å². The molecule has 41 heavy (non-hydrogen) atoms. The number of rotatable bonds is 10. The van der Waals surface area contributed by atoms with Gasteiger partial charge in [-0.2, -0.15) is 0 Å². The van der Waals surface area contributed by atoms with E-state index in [4.69, 9.17) is 37.3 Å². The molecule has 1 saturated heterocycles. The molecule has 2 N–H and O–H groups in total. The Balaban J connectivity index is 1.22. The van der Waals surface area contributed by atoms with Gasteiger partial charge in [0.2, 0.25) is 5.91 Å². The van der Waals surface area contributed by atoms with Crippen molar-refractivity contribution in [1.29, 1.82) is 0 Å². The van der Waals surface area contributed by atoms with Crippen LogP contribution in [-0.4, -0.2) is 28.8 Å². The lowest BCUT2D eigenvalue weighted by molar-refractivity contribution is -0.119. The van der Waals surface area contributed by atoms with Gasteiger partial charge in [-0.25, -0.2) is 4.63 Å². The summed E-state index contributed by atoms with van der Waals surface area (Å²) in [5.41, 5.74) is 5.70. The van der Waals surface area contributed by atoms with Crippen molar-refractivity contribution in [3.05, 3.63) is 100 Å². The fraction of sp³-hybridized carbons (Fsp3) is 0.194. The number of fused-ring (bicyclic) bond motifs is 1. The smallest absolute Gasteiger partial charge is 0.220 e. The Hall–Kier alpha value is -4.27. The Kier molecular flexibility index (Phi) is 7.93. The summed E-state index contributed by atoms with van der Waals surface area (Å²) >= 11 is 13.5. The zero-order chi connectivity index (χ0) is 28.2. The highest BCUT2D eigenvalue weighted by Gasteiger charge is 2.21. The van der Waals surface area contributed by atoms with Gasteiger partial charge >= 0.3 is 0 Å². The predicted octanol–water partition coefficient (Wildman–Crippen LogP) is 7.05. The van der Waals surface area contributed by atoms with E-state index in [1.807, 2.05) is 66.7 Å². The molecular weight excluding hydrogens is 563 g/mol. The molecule has 10 heteroatoms. The lowest BCUT2D eigenvalue weighted by Gasteiger charge is -2.19. The van der Waals surface area contributed by atoms with Gasteiger partial charge in [-0.1, -0.05) is 77.8 Å². The molecule has 1 fully saturated rings. The Bertz CT molecular complexity index is 1690. The number of carbonyl (C=O) groups is 1. The largest absolute Gasteiger partial charge is 0.487 e. The topological polar surface area (TPSA) is 98.5 Å². The number of aromatic nitrogens is 2. The quantitative estimate of drug-likeness (QED) is 0.180. The summed E-state index contributed by atoms with van der Waals surface area (Å²) in [6.07, 6.45) is 1.29. The van der Waals surface area contributed by atoms with Crippen molar-refractivity contribution in [2.75, 3.05) is 11.9 Å². The number of benzene rings is 4. The molecule has 1 aliphatic heterocycles. The van der Waals surface area contributed by atoms with Crippen LogP contribution in [0, 0.1) is 0 Å². The van der Waals surface area contributed by atoms with Gasteiger partial charge in [-0.3, -0.25) is 4.79 Å². The van der Waals surface area contributed by atoms with E-state index in [0.29, 0.717) is 51.2 Å². The number of amides is 1. The summed E-state index contributed by atoms with van der Waals surface area (Å²) in [7, 11) is 0. The summed E-state index contributed by atoms with van der Waals surface area (Å²) < 4.78 is 17.2. The van der Waals surface area contributed by atoms with Gasteiger partial charge in [-0.05, 0) is 46.1 Å². The number of hydrogen-bond acceptors (Lipinski definition) is 7. The van der Waals surface area contributed by atoms with Crippen LogP contribution in [0.25, 0.3) is 22.2 Å². The Morgan fingerprint density at radius 1 is 0.902 bits per heavy atom. The second kappa shape index (κ2) is 12.1. The molecule has 8 nitrogen and oxygen atoms in total. The zero-order valence-electron chi connectivity index (χ0n) is 21.9. The first-order valence-corrected chi connectivity index (χ1v) is 14.0. The average molecular weight is 589 g/mol. The Morgan fingerprint density at radius 2 is 1.73 bits per heavy atom. The molecule has 1 unspecified atom stereocenters. The maximum Gasteiger partial charge on any atom is 0.220 e. The maximum atomic E-state index is 11.7. The summed E-state index contributed by atoms with van der Waals surface area (Å²) in [5.74, 6) is 1.07. The molecule has 1 aromatic heterocycles. The first-order chi connectivity index (χ1) is 20.0. The molecule has 0 spiro atoms. The standard InChI is InChI=1S/C31H26Cl2N4O4/c32-24-14-27(34-16-22-10-12-30(38)35-22)29(39-17-19-9-11-25-26(13-19)37-41-36-25)15-28(24)40-18-21-7-4-8-23(31(21)33)20-5-2-1-3-6-20/h1-9,11,13-15,22,34H,10,12,16-18H2,(H,35,38). The van der Waals surface area contributed by atoms with E-state index in [1.54, 1.807) is 12.1 Å². The lowest BCUT2D eigenvalue weighted by atomic mass is 10.0. The second-order valence-corrected chi connectivity index (χ2v) is 10.6. The van der Waals surface area contributed by atoms with E-state index >= 15 is 0 Å². The molecule has 0 bridgehead atoms. The van der Waals surface area contributed by atoms with Gasteiger partial charge in [0, 0.05) is 36.2 Å². The normalized spacial score (nSPS) is 14.7. The first kappa shape index (κ1) is 26.9. The van der Waals surface area contributed by atoms with Crippen LogP contribution in [0.5, 0.6) is 11.5 Å². The maximum absolute atomic E-state index is 11.7. The van der Waals surface area contributed by atoms with Crippen LogP contribution in [0.1, 0.15) is 24.0 Å². The van der Waals surface area contributed by atoms with Crippen LogP contribution >= 0.6 is 23.2 Å². The molecule has 6 rings (SSSR count).